The molecular formula is C8H11F. The average Bonchev–Trinajstić information content (AvgIpc) is 1.80. The van der Waals surface area contributed by atoms with Crippen LogP contribution in [0, 0.1) is 11.8 Å². The van der Waals surface area contributed by atoms with E-state index in [2.05, 4.69) is 6.92 Å². The predicted octanol–water partition coefficient (Wildman–Crippen LogP) is 2.68. The summed E-state index contributed by atoms with van der Waals surface area (Å²) in [6.45, 7) is 4.11. The second kappa shape index (κ2) is 2.34. The lowest BCUT2D eigenvalue weighted by Gasteiger charge is -2.14. The van der Waals surface area contributed by atoms with Crippen molar-refractivity contribution in [2.45, 2.75) is 13.8 Å². The Morgan fingerprint density at radius 1 is 1.33 bits per heavy atom. The Hall–Kier alpha value is -0.590. The van der Waals surface area contributed by atoms with Crippen LogP contribution in [0.2, 0.25) is 0 Å². The molecule has 0 fully saturated rings. The Kier molecular flexibility index (Phi) is 1.70. The van der Waals surface area contributed by atoms with E-state index >= 15 is 0 Å². The first-order chi connectivity index (χ1) is 4.20. The lowest BCUT2D eigenvalue weighted by atomic mass is 9.92. The quantitative estimate of drug-likeness (QED) is 0.468. The van der Waals surface area contributed by atoms with Gasteiger partial charge in [-0.3, -0.25) is 0 Å². The van der Waals surface area contributed by atoms with Gasteiger partial charge in [0, 0.05) is 0 Å². The Labute approximate surface area is 55.1 Å². The van der Waals surface area contributed by atoms with Crippen LogP contribution in [0.25, 0.3) is 0 Å². The van der Waals surface area contributed by atoms with Crippen LogP contribution in [-0.2, 0) is 0 Å². The van der Waals surface area contributed by atoms with Crippen molar-refractivity contribution in [2.75, 3.05) is 0 Å². The first-order valence-corrected chi connectivity index (χ1v) is 3.25. The molecule has 1 rings (SSSR count). The van der Waals surface area contributed by atoms with Crippen molar-refractivity contribution in [2.24, 2.45) is 11.8 Å². The number of hydrogen-bond acceptors (Lipinski definition) is 0. The number of hydrogen-bond donors (Lipinski definition) is 0. The summed E-state index contributed by atoms with van der Waals surface area (Å²) in [6, 6.07) is 0. The van der Waals surface area contributed by atoms with Crippen molar-refractivity contribution < 1.29 is 4.39 Å². The molecule has 0 aromatic heterocycles. The molecule has 0 N–H and O–H groups in total. The van der Waals surface area contributed by atoms with Crippen molar-refractivity contribution in [1.29, 1.82) is 0 Å². The van der Waals surface area contributed by atoms with Gasteiger partial charge < -0.3 is 0 Å². The summed E-state index contributed by atoms with van der Waals surface area (Å²) in [5, 5.41) is 0. The van der Waals surface area contributed by atoms with Gasteiger partial charge in [-0.15, -0.1) is 0 Å². The van der Waals surface area contributed by atoms with Crippen molar-refractivity contribution in [1.82, 2.24) is 0 Å². The maximum atomic E-state index is 12.4. The molecule has 0 nitrogen and oxygen atoms in total. The van der Waals surface area contributed by atoms with Gasteiger partial charge in [-0.25, -0.2) is 4.39 Å². The summed E-state index contributed by atoms with van der Waals surface area (Å²) in [5.41, 5.74) is 0. The van der Waals surface area contributed by atoms with Gasteiger partial charge in [0.1, 0.15) is 5.83 Å². The molecule has 0 aromatic rings. The van der Waals surface area contributed by atoms with Crippen molar-refractivity contribution in [3.63, 3.8) is 0 Å². The smallest absolute Gasteiger partial charge is 0.119 e. The van der Waals surface area contributed by atoms with Crippen LogP contribution in [-0.4, -0.2) is 0 Å². The molecule has 2 unspecified atom stereocenters. The molecule has 0 saturated heterocycles. The van der Waals surface area contributed by atoms with Gasteiger partial charge in [-0.2, -0.15) is 0 Å². The van der Waals surface area contributed by atoms with E-state index in [4.69, 9.17) is 0 Å². The average molecular weight is 126 g/mol. The number of halogens is 1. The Morgan fingerprint density at radius 3 is 2.44 bits per heavy atom. The third kappa shape index (κ3) is 1.41. The van der Waals surface area contributed by atoms with Crippen LogP contribution in [0.3, 0.4) is 0 Å². The maximum Gasteiger partial charge on any atom is 0.119 e. The van der Waals surface area contributed by atoms with E-state index < -0.39 is 0 Å². The summed E-state index contributed by atoms with van der Waals surface area (Å²) in [5.74, 6) is 0.750. The summed E-state index contributed by atoms with van der Waals surface area (Å²) >= 11 is 0. The van der Waals surface area contributed by atoms with Crippen LogP contribution in [0.15, 0.2) is 24.1 Å². The fraction of sp³-hybridized carbons (Fsp3) is 0.500. The monoisotopic (exact) mass is 126 g/mol. The molecule has 1 aliphatic rings. The third-order valence-corrected chi connectivity index (χ3v) is 1.81. The molecule has 50 valence electrons. The molecule has 0 heterocycles. The van der Waals surface area contributed by atoms with Crippen LogP contribution in [0.5, 0.6) is 0 Å². The molecular weight excluding hydrogens is 115 g/mol. The fourth-order valence-corrected chi connectivity index (χ4v) is 0.877. The number of rotatable bonds is 0. The van der Waals surface area contributed by atoms with Gasteiger partial charge in [-0.1, -0.05) is 19.9 Å². The van der Waals surface area contributed by atoms with Crippen molar-refractivity contribution >= 4 is 0 Å². The zero-order valence-electron chi connectivity index (χ0n) is 5.76. The van der Waals surface area contributed by atoms with Gasteiger partial charge >= 0.3 is 0 Å². The molecule has 0 saturated carbocycles. The molecule has 0 amide bonds. The minimum absolute atomic E-state index is 0.0967. The maximum absolute atomic E-state index is 12.4. The SMILES string of the molecule is CC1C=CC(F)=CC1C. The van der Waals surface area contributed by atoms with E-state index in [9.17, 15) is 4.39 Å². The van der Waals surface area contributed by atoms with E-state index in [-0.39, 0.29) is 5.83 Å². The second-order valence-electron chi connectivity index (χ2n) is 2.63. The first kappa shape index (κ1) is 6.53. The van der Waals surface area contributed by atoms with Crippen LogP contribution in [0.1, 0.15) is 13.8 Å². The molecule has 1 heteroatoms. The molecule has 0 spiro atoms. The highest BCUT2D eigenvalue weighted by atomic mass is 19.1. The first-order valence-electron chi connectivity index (χ1n) is 3.25. The molecule has 0 aromatic carbocycles. The molecule has 2 atom stereocenters. The standard InChI is InChI=1S/C8H11F/c1-6-3-4-8(9)5-7(6)2/h3-7H,1-2H3. The van der Waals surface area contributed by atoms with E-state index in [1.54, 1.807) is 6.08 Å². The number of allylic oxidation sites excluding steroid dienone is 4. The zero-order chi connectivity index (χ0) is 6.85. The Bertz CT molecular complexity index is 156. The van der Waals surface area contributed by atoms with Gasteiger partial charge in [0.15, 0.2) is 0 Å². The van der Waals surface area contributed by atoms with Crippen molar-refractivity contribution in [3.8, 4) is 0 Å². The Balaban J connectivity index is 2.70. The molecule has 0 aliphatic heterocycles. The van der Waals surface area contributed by atoms with E-state index in [1.807, 2.05) is 13.0 Å². The minimum Gasteiger partial charge on any atom is -0.207 e. The van der Waals surface area contributed by atoms with Crippen molar-refractivity contribution in [3.05, 3.63) is 24.1 Å². The highest BCUT2D eigenvalue weighted by Gasteiger charge is 2.10. The zero-order valence-corrected chi connectivity index (χ0v) is 5.76. The molecule has 1 aliphatic carbocycles. The van der Waals surface area contributed by atoms with E-state index in [1.165, 1.54) is 6.08 Å². The third-order valence-electron chi connectivity index (χ3n) is 1.81. The fourth-order valence-electron chi connectivity index (χ4n) is 0.877. The summed E-state index contributed by atoms with van der Waals surface area (Å²) in [6.07, 6.45) is 5.09. The van der Waals surface area contributed by atoms with Gasteiger partial charge in [0.2, 0.25) is 0 Å². The van der Waals surface area contributed by atoms with Gasteiger partial charge in [0.05, 0.1) is 0 Å². The van der Waals surface area contributed by atoms with E-state index in [0.29, 0.717) is 11.8 Å². The second-order valence-corrected chi connectivity index (χ2v) is 2.63. The van der Waals surface area contributed by atoms with Crippen LogP contribution < -0.4 is 0 Å². The highest BCUT2D eigenvalue weighted by molar-refractivity contribution is 5.18. The summed E-state index contributed by atoms with van der Waals surface area (Å²) < 4.78 is 12.4. The van der Waals surface area contributed by atoms with Gasteiger partial charge in [-0.05, 0) is 24.0 Å². The highest BCUT2D eigenvalue weighted by Crippen LogP contribution is 2.21. The van der Waals surface area contributed by atoms with Gasteiger partial charge in [0.25, 0.3) is 0 Å². The Morgan fingerprint density at radius 2 is 2.00 bits per heavy atom. The molecule has 0 bridgehead atoms. The topological polar surface area (TPSA) is 0 Å². The normalized spacial score (nSPS) is 34.3. The van der Waals surface area contributed by atoms with Crippen LogP contribution in [0.4, 0.5) is 4.39 Å². The minimum atomic E-state index is -0.0967. The summed E-state index contributed by atoms with van der Waals surface area (Å²) in [4.78, 5) is 0. The summed E-state index contributed by atoms with van der Waals surface area (Å²) in [7, 11) is 0. The molecule has 9 heavy (non-hydrogen) atoms. The lowest BCUT2D eigenvalue weighted by Crippen LogP contribution is -2.05. The molecule has 0 radical (unpaired) electrons. The lowest BCUT2D eigenvalue weighted by molar-refractivity contribution is 0.520. The predicted molar refractivity (Wildman–Crippen MR) is 36.7 cm³/mol. The van der Waals surface area contributed by atoms with E-state index in [0.717, 1.165) is 0 Å². The largest absolute Gasteiger partial charge is 0.207 e. The van der Waals surface area contributed by atoms with Crippen LogP contribution >= 0.6 is 0 Å².